The first kappa shape index (κ1) is 14.9. The van der Waals surface area contributed by atoms with Crippen LogP contribution in [0.2, 0.25) is 0 Å². The molecule has 1 aromatic heterocycles. The largest absolute Gasteiger partial charge is 0.396 e. The molecule has 0 amide bonds. The van der Waals surface area contributed by atoms with Crippen LogP contribution in [0.3, 0.4) is 0 Å². The van der Waals surface area contributed by atoms with Gasteiger partial charge < -0.3 is 10.4 Å². The normalized spacial score (nSPS) is 10.0. The molecule has 1 aromatic rings. The number of halogens is 1. The maximum Gasteiger partial charge on any atom is 0.0431 e. The molecular formula is C11H20ClNOS. The van der Waals surface area contributed by atoms with Gasteiger partial charge in [0.15, 0.2) is 0 Å². The fraction of sp³-hybridized carbons (Fsp3) is 0.636. The Labute approximate surface area is 102 Å². The average Bonchev–Trinajstić information content (AvgIpc) is 2.58. The Bertz CT molecular complexity index is 252. The Balaban J connectivity index is 0.00000196. The van der Waals surface area contributed by atoms with Crippen molar-refractivity contribution >= 4 is 23.7 Å². The van der Waals surface area contributed by atoms with Crippen LogP contribution < -0.4 is 5.32 Å². The van der Waals surface area contributed by atoms with Crippen molar-refractivity contribution in [3.8, 4) is 0 Å². The monoisotopic (exact) mass is 249 g/mol. The van der Waals surface area contributed by atoms with Crippen molar-refractivity contribution in [3.63, 3.8) is 0 Å². The predicted molar refractivity (Wildman–Crippen MR) is 68.9 cm³/mol. The SMILES string of the molecule is Cc1ccc(CNCCCCCO)s1.Cl. The van der Waals surface area contributed by atoms with Crippen LogP contribution in [0.4, 0.5) is 0 Å². The molecule has 0 spiro atoms. The molecule has 0 bridgehead atoms. The number of hydrogen-bond donors (Lipinski definition) is 2. The van der Waals surface area contributed by atoms with Gasteiger partial charge in [-0.1, -0.05) is 0 Å². The summed E-state index contributed by atoms with van der Waals surface area (Å²) < 4.78 is 0. The van der Waals surface area contributed by atoms with E-state index in [1.54, 1.807) is 0 Å². The van der Waals surface area contributed by atoms with E-state index in [0.29, 0.717) is 6.61 Å². The molecule has 0 atom stereocenters. The highest BCUT2D eigenvalue weighted by Crippen LogP contribution is 2.14. The molecule has 0 saturated carbocycles. The Morgan fingerprint density at radius 3 is 2.67 bits per heavy atom. The van der Waals surface area contributed by atoms with Gasteiger partial charge in [-0.05, 0) is 44.9 Å². The van der Waals surface area contributed by atoms with Crippen molar-refractivity contribution in [3.05, 3.63) is 21.9 Å². The first-order valence-electron chi connectivity index (χ1n) is 5.20. The van der Waals surface area contributed by atoms with E-state index in [9.17, 15) is 0 Å². The summed E-state index contributed by atoms with van der Waals surface area (Å²) in [5, 5.41) is 12.0. The number of aryl methyl sites for hydroxylation is 1. The second-order valence-electron chi connectivity index (χ2n) is 3.47. The van der Waals surface area contributed by atoms with E-state index in [-0.39, 0.29) is 12.4 Å². The molecule has 0 aliphatic carbocycles. The molecule has 4 heteroatoms. The minimum atomic E-state index is 0. The molecule has 2 N–H and O–H groups in total. The van der Waals surface area contributed by atoms with Crippen molar-refractivity contribution in [2.75, 3.05) is 13.2 Å². The summed E-state index contributed by atoms with van der Waals surface area (Å²) in [4.78, 5) is 2.78. The molecule has 0 saturated heterocycles. The Morgan fingerprint density at radius 2 is 2.07 bits per heavy atom. The van der Waals surface area contributed by atoms with Crippen molar-refractivity contribution < 1.29 is 5.11 Å². The van der Waals surface area contributed by atoms with Crippen LogP contribution in [-0.2, 0) is 6.54 Å². The van der Waals surface area contributed by atoms with E-state index in [1.807, 2.05) is 11.3 Å². The van der Waals surface area contributed by atoms with Crippen LogP contribution >= 0.6 is 23.7 Å². The number of thiophene rings is 1. The summed E-state index contributed by atoms with van der Waals surface area (Å²) in [5.41, 5.74) is 0. The molecule has 0 radical (unpaired) electrons. The van der Waals surface area contributed by atoms with Crippen molar-refractivity contribution in [1.29, 1.82) is 0 Å². The second-order valence-corrected chi connectivity index (χ2v) is 4.85. The molecule has 0 unspecified atom stereocenters. The number of hydrogen-bond acceptors (Lipinski definition) is 3. The molecule has 1 heterocycles. The molecule has 0 fully saturated rings. The molecule has 88 valence electrons. The first-order valence-corrected chi connectivity index (χ1v) is 6.01. The standard InChI is InChI=1S/C11H19NOS.ClH/c1-10-5-6-11(14-10)9-12-7-3-2-4-8-13;/h5-6,12-13H,2-4,7-9H2,1H3;1H. The van der Waals surface area contributed by atoms with E-state index in [2.05, 4.69) is 24.4 Å². The second kappa shape index (κ2) is 9.16. The van der Waals surface area contributed by atoms with Gasteiger partial charge in [-0.25, -0.2) is 0 Å². The summed E-state index contributed by atoms with van der Waals surface area (Å²) in [6, 6.07) is 4.34. The quantitative estimate of drug-likeness (QED) is 0.729. The fourth-order valence-corrected chi connectivity index (χ4v) is 2.19. The zero-order valence-corrected chi connectivity index (χ0v) is 10.8. The van der Waals surface area contributed by atoms with Gasteiger partial charge in [-0.15, -0.1) is 23.7 Å². The van der Waals surface area contributed by atoms with Crippen LogP contribution in [0.15, 0.2) is 12.1 Å². The maximum absolute atomic E-state index is 8.58. The highest BCUT2D eigenvalue weighted by atomic mass is 35.5. The topological polar surface area (TPSA) is 32.3 Å². The minimum Gasteiger partial charge on any atom is -0.396 e. The lowest BCUT2D eigenvalue weighted by molar-refractivity contribution is 0.283. The summed E-state index contributed by atoms with van der Waals surface area (Å²) in [7, 11) is 0. The average molecular weight is 250 g/mol. The van der Waals surface area contributed by atoms with Crippen LogP contribution in [0.5, 0.6) is 0 Å². The molecule has 0 aliphatic heterocycles. The van der Waals surface area contributed by atoms with Crippen LogP contribution in [0, 0.1) is 6.92 Å². The van der Waals surface area contributed by atoms with E-state index in [4.69, 9.17) is 5.11 Å². The third-order valence-electron chi connectivity index (χ3n) is 2.11. The molecule has 15 heavy (non-hydrogen) atoms. The lowest BCUT2D eigenvalue weighted by Gasteiger charge is -2.01. The molecule has 0 aromatic carbocycles. The van der Waals surface area contributed by atoms with E-state index < -0.39 is 0 Å². The van der Waals surface area contributed by atoms with Gasteiger partial charge in [0.05, 0.1) is 0 Å². The van der Waals surface area contributed by atoms with Gasteiger partial charge in [-0.2, -0.15) is 0 Å². The first-order chi connectivity index (χ1) is 6.83. The number of aliphatic hydroxyl groups excluding tert-OH is 1. The summed E-state index contributed by atoms with van der Waals surface area (Å²) in [6.07, 6.45) is 3.21. The van der Waals surface area contributed by atoms with E-state index in [0.717, 1.165) is 32.4 Å². The van der Waals surface area contributed by atoms with Gasteiger partial charge >= 0.3 is 0 Å². The molecular weight excluding hydrogens is 230 g/mol. The lowest BCUT2D eigenvalue weighted by Crippen LogP contribution is -2.13. The third-order valence-corrected chi connectivity index (χ3v) is 3.11. The Kier molecular flexibility index (Phi) is 9.10. The number of nitrogens with one attached hydrogen (secondary N) is 1. The van der Waals surface area contributed by atoms with Gasteiger partial charge in [0.25, 0.3) is 0 Å². The zero-order valence-electron chi connectivity index (χ0n) is 9.16. The third kappa shape index (κ3) is 6.90. The summed E-state index contributed by atoms with van der Waals surface area (Å²) >= 11 is 1.85. The van der Waals surface area contributed by atoms with Gasteiger partial charge in [-0.3, -0.25) is 0 Å². The van der Waals surface area contributed by atoms with E-state index in [1.165, 1.54) is 9.75 Å². The van der Waals surface area contributed by atoms with E-state index >= 15 is 0 Å². The lowest BCUT2D eigenvalue weighted by atomic mass is 10.2. The molecule has 0 aliphatic rings. The Hall–Kier alpha value is -0.0900. The number of aliphatic hydroxyl groups is 1. The fourth-order valence-electron chi connectivity index (χ4n) is 1.33. The van der Waals surface area contributed by atoms with Gasteiger partial charge in [0, 0.05) is 22.9 Å². The summed E-state index contributed by atoms with van der Waals surface area (Å²) in [5.74, 6) is 0. The van der Waals surface area contributed by atoms with Gasteiger partial charge in [0.2, 0.25) is 0 Å². The summed E-state index contributed by atoms with van der Waals surface area (Å²) in [6.45, 7) is 4.49. The maximum atomic E-state index is 8.58. The predicted octanol–water partition coefficient (Wildman–Crippen LogP) is 2.73. The Morgan fingerprint density at radius 1 is 1.27 bits per heavy atom. The van der Waals surface area contributed by atoms with Crippen molar-refractivity contribution in [1.82, 2.24) is 5.32 Å². The molecule has 1 rings (SSSR count). The van der Waals surface area contributed by atoms with Crippen molar-refractivity contribution in [2.24, 2.45) is 0 Å². The number of unbranched alkanes of at least 4 members (excludes halogenated alkanes) is 2. The van der Waals surface area contributed by atoms with Crippen molar-refractivity contribution in [2.45, 2.75) is 32.7 Å². The zero-order chi connectivity index (χ0) is 10.2. The highest BCUT2D eigenvalue weighted by Gasteiger charge is 1.95. The number of rotatable bonds is 7. The van der Waals surface area contributed by atoms with Gasteiger partial charge in [0.1, 0.15) is 0 Å². The highest BCUT2D eigenvalue weighted by molar-refractivity contribution is 7.11. The van der Waals surface area contributed by atoms with Crippen LogP contribution in [0.1, 0.15) is 29.0 Å². The molecule has 2 nitrogen and oxygen atoms in total. The smallest absolute Gasteiger partial charge is 0.0431 e. The van der Waals surface area contributed by atoms with Crippen LogP contribution in [-0.4, -0.2) is 18.3 Å². The minimum absolute atomic E-state index is 0. The van der Waals surface area contributed by atoms with Crippen LogP contribution in [0.25, 0.3) is 0 Å².